The third-order valence-electron chi connectivity index (χ3n) is 4.92. The molecule has 140 valence electrons. The molecular weight excluding hydrogens is 389 g/mol. The van der Waals surface area contributed by atoms with Crippen molar-refractivity contribution in [3.63, 3.8) is 0 Å². The van der Waals surface area contributed by atoms with Crippen LogP contribution in [0.25, 0.3) is 16.8 Å². The number of nitrogens with zero attached hydrogens (tertiary/aromatic N) is 3. The van der Waals surface area contributed by atoms with Crippen molar-refractivity contribution in [2.24, 2.45) is 0 Å². The van der Waals surface area contributed by atoms with Gasteiger partial charge in [0.25, 0.3) is 0 Å². The first-order valence-electron chi connectivity index (χ1n) is 8.47. The van der Waals surface area contributed by atoms with Crippen LogP contribution in [0.5, 0.6) is 5.75 Å². The molecule has 1 aliphatic heterocycles. The highest BCUT2D eigenvalue weighted by molar-refractivity contribution is 6.44. The van der Waals surface area contributed by atoms with Crippen LogP contribution in [-0.4, -0.2) is 45.7 Å². The first-order chi connectivity index (χ1) is 13.0. The van der Waals surface area contributed by atoms with Gasteiger partial charge in [-0.15, -0.1) is 0 Å². The Labute approximate surface area is 165 Å². The summed E-state index contributed by atoms with van der Waals surface area (Å²) in [5.74, 6) is 0.738. The highest BCUT2D eigenvalue weighted by Gasteiger charge is 2.28. The highest BCUT2D eigenvalue weighted by atomic mass is 35.5. The number of methoxy groups -OCH3 is 1. The molecule has 4 rings (SSSR count). The van der Waals surface area contributed by atoms with E-state index in [4.69, 9.17) is 38.0 Å². The number of amides is 1. The Morgan fingerprint density at radius 3 is 2.85 bits per heavy atom. The molecule has 3 aromatic rings. The molecule has 0 bridgehead atoms. The second-order valence-corrected chi connectivity index (χ2v) is 7.28. The number of fused-ring (bicyclic) bond motifs is 1. The second kappa shape index (κ2) is 6.94. The molecular formula is C19H17Cl2N3O3. The van der Waals surface area contributed by atoms with Gasteiger partial charge in [-0.05, 0) is 36.2 Å². The second-order valence-electron chi connectivity index (χ2n) is 6.50. The van der Waals surface area contributed by atoms with Crippen LogP contribution in [-0.2, 0) is 0 Å². The fourth-order valence-electron chi connectivity index (χ4n) is 3.50. The van der Waals surface area contributed by atoms with E-state index in [2.05, 4.69) is 0 Å². The molecule has 1 aromatic carbocycles. The lowest BCUT2D eigenvalue weighted by atomic mass is 10.1. The Kier molecular flexibility index (Phi) is 4.61. The Morgan fingerprint density at radius 1 is 1.33 bits per heavy atom. The van der Waals surface area contributed by atoms with E-state index >= 15 is 0 Å². The number of carbonyl (C=O) groups is 1. The summed E-state index contributed by atoms with van der Waals surface area (Å²) in [7, 11) is 1.59. The van der Waals surface area contributed by atoms with Gasteiger partial charge in [0.2, 0.25) is 0 Å². The molecule has 1 aliphatic rings. The minimum Gasteiger partial charge on any atom is -0.496 e. The Balaban J connectivity index is 1.72. The van der Waals surface area contributed by atoms with E-state index in [0.29, 0.717) is 28.9 Å². The quantitative estimate of drug-likeness (QED) is 0.680. The fraction of sp³-hybridized carbons (Fsp3) is 0.263. The van der Waals surface area contributed by atoms with Gasteiger partial charge in [-0.2, -0.15) is 0 Å². The summed E-state index contributed by atoms with van der Waals surface area (Å²) >= 11 is 12.6. The summed E-state index contributed by atoms with van der Waals surface area (Å²) in [5.41, 5.74) is 3.22. The van der Waals surface area contributed by atoms with Gasteiger partial charge in [-0.3, -0.25) is 0 Å². The lowest BCUT2D eigenvalue weighted by Crippen LogP contribution is -2.26. The van der Waals surface area contributed by atoms with Gasteiger partial charge in [-0.1, -0.05) is 23.2 Å². The number of aromatic nitrogens is 2. The van der Waals surface area contributed by atoms with Crippen LogP contribution in [0.4, 0.5) is 4.79 Å². The smallest absolute Gasteiger partial charge is 0.407 e. The van der Waals surface area contributed by atoms with E-state index < -0.39 is 6.09 Å². The largest absolute Gasteiger partial charge is 0.496 e. The predicted molar refractivity (Wildman–Crippen MR) is 104 cm³/mol. The molecule has 1 amide bonds. The molecule has 1 unspecified atom stereocenters. The normalized spacial score (nSPS) is 16.9. The number of rotatable bonds is 3. The number of halogens is 2. The van der Waals surface area contributed by atoms with Crippen molar-refractivity contribution in [1.29, 1.82) is 0 Å². The van der Waals surface area contributed by atoms with E-state index in [1.165, 1.54) is 4.90 Å². The lowest BCUT2D eigenvalue weighted by molar-refractivity contribution is 0.155. The number of likely N-dealkylation sites (tertiary alicyclic amines) is 1. The van der Waals surface area contributed by atoms with Gasteiger partial charge in [0.05, 0.1) is 22.8 Å². The van der Waals surface area contributed by atoms with E-state index in [1.807, 2.05) is 28.9 Å². The molecule has 0 saturated carbocycles. The minimum absolute atomic E-state index is 0.105. The third-order valence-corrected chi connectivity index (χ3v) is 5.73. The van der Waals surface area contributed by atoms with Crippen LogP contribution in [0.2, 0.25) is 10.0 Å². The zero-order valence-electron chi connectivity index (χ0n) is 14.5. The van der Waals surface area contributed by atoms with E-state index in [-0.39, 0.29) is 5.92 Å². The Morgan fingerprint density at radius 2 is 2.15 bits per heavy atom. The molecule has 2 aromatic heterocycles. The van der Waals surface area contributed by atoms with Crippen molar-refractivity contribution < 1.29 is 14.6 Å². The average molecular weight is 406 g/mol. The molecule has 0 spiro atoms. The minimum atomic E-state index is -0.883. The lowest BCUT2D eigenvalue weighted by Gasteiger charge is -2.12. The summed E-state index contributed by atoms with van der Waals surface area (Å²) in [4.78, 5) is 17.3. The van der Waals surface area contributed by atoms with Crippen molar-refractivity contribution >= 4 is 34.9 Å². The van der Waals surface area contributed by atoms with Crippen LogP contribution in [0.1, 0.15) is 18.0 Å². The standard InChI is InChI=1S/C19H17Cl2N3O3/c1-27-15-3-2-13(20)18(21)17(15)11-4-6-23-10-14(22-16(23)8-11)12-5-7-24(9-12)19(25)26/h2-4,6,8,10,12H,5,7,9H2,1H3,(H,25,26). The van der Waals surface area contributed by atoms with Crippen LogP contribution in [0, 0.1) is 0 Å². The maximum absolute atomic E-state index is 11.1. The van der Waals surface area contributed by atoms with Gasteiger partial charge in [0.1, 0.15) is 11.4 Å². The first-order valence-corrected chi connectivity index (χ1v) is 9.22. The van der Waals surface area contributed by atoms with Crippen molar-refractivity contribution in [2.45, 2.75) is 12.3 Å². The SMILES string of the molecule is COc1ccc(Cl)c(Cl)c1-c1ccn2cc(C3CCN(C(=O)O)C3)nc2c1. The van der Waals surface area contributed by atoms with Gasteiger partial charge in [0.15, 0.2) is 0 Å². The summed E-state index contributed by atoms with van der Waals surface area (Å²) in [6.07, 6.45) is 3.75. The molecule has 1 saturated heterocycles. The molecule has 8 heteroatoms. The van der Waals surface area contributed by atoms with Crippen molar-refractivity contribution in [1.82, 2.24) is 14.3 Å². The van der Waals surface area contributed by atoms with Crippen LogP contribution in [0.15, 0.2) is 36.7 Å². The molecule has 0 aliphatic carbocycles. The molecule has 1 N–H and O–H groups in total. The molecule has 3 heterocycles. The topological polar surface area (TPSA) is 67.1 Å². The first kappa shape index (κ1) is 17.9. The average Bonchev–Trinajstić information content (AvgIpc) is 3.29. The fourth-order valence-corrected chi connectivity index (χ4v) is 3.92. The summed E-state index contributed by atoms with van der Waals surface area (Å²) in [6, 6.07) is 7.33. The van der Waals surface area contributed by atoms with Crippen molar-refractivity contribution in [3.05, 3.63) is 52.4 Å². The van der Waals surface area contributed by atoms with Crippen LogP contribution >= 0.6 is 23.2 Å². The number of hydrogen-bond donors (Lipinski definition) is 1. The molecule has 0 radical (unpaired) electrons. The van der Waals surface area contributed by atoms with Gasteiger partial charge < -0.3 is 19.1 Å². The van der Waals surface area contributed by atoms with Crippen LogP contribution < -0.4 is 4.74 Å². The Hall–Kier alpha value is -2.44. The van der Waals surface area contributed by atoms with E-state index in [9.17, 15) is 4.79 Å². The zero-order chi connectivity index (χ0) is 19.1. The third kappa shape index (κ3) is 3.19. The van der Waals surface area contributed by atoms with E-state index in [0.717, 1.165) is 28.9 Å². The number of benzene rings is 1. The summed E-state index contributed by atoms with van der Waals surface area (Å²) in [5, 5.41) is 10.0. The highest BCUT2D eigenvalue weighted by Crippen LogP contribution is 2.41. The number of pyridine rings is 1. The van der Waals surface area contributed by atoms with Gasteiger partial charge in [0, 0.05) is 37.0 Å². The monoisotopic (exact) mass is 405 g/mol. The molecule has 1 atom stereocenters. The van der Waals surface area contributed by atoms with Gasteiger partial charge in [-0.25, -0.2) is 9.78 Å². The number of ether oxygens (including phenoxy) is 1. The molecule has 6 nitrogen and oxygen atoms in total. The van der Waals surface area contributed by atoms with E-state index in [1.54, 1.807) is 19.2 Å². The van der Waals surface area contributed by atoms with Crippen molar-refractivity contribution in [3.8, 4) is 16.9 Å². The maximum atomic E-state index is 11.1. The number of imidazole rings is 1. The Bertz CT molecular complexity index is 1030. The maximum Gasteiger partial charge on any atom is 0.407 e. The number of hydrogen-bond acceptors (Lipinski definition) is 3. The van der Waals surface area contributed by atoms with Gasteiger partial charge >= 0.3 is 6.09 Å². The van der Waals surface area contributed by atoms with Crippen molar-refractivity contribution in [2.75, 3.05) is 20.2 Å². The summed E-state index contributed by atoms with van der Waals surface area (Å²) < 4.78 is 7.36. The summed E-state index contributed by atoms with van der Waals surface area (Å²) in [6.45, 7) is 1.01. The number of carboxylic acid groups (broad SMARTS) is 1. The molecule has 27 heavy (non-hydrogen) atoms. The zero-order valence-corrected chi connectivity index (χ0v) is 16.0. The molecule has 1 fully saturated rings. The van der Waals surface area contributed by atoms with Crippen LogP contribution in [0.3, 0.4) is 0 Å². The predicted octanol–water partition coefficient (Wildman–Crippen LogP) is 4.78.